The van der Waals surface area contributed by atoms with E-state index in [1.165, 1.54) is 4.90 Å². The molecule has 0 fully saturated rings. The molecule has 1 aliphatic rings. The fraction of sp³-hybridized carbons (Fsp3) is 0.200. The number of carbonyl (C=O) groups is 2. The predicted molar refractivity (Wildman–Crippen MR) is 119 cm³/mol. The molecule has 1 heterocycles. The fourth-order valence-corrected chi connectivity index (χ4v) is 3.39. The molecule has 6 heteroatoms. The van der Waals surface area contributed by atoms with Crippen molar-refractivity contribution in [2.75, 3.05) is 11.9 Å². The van der Waals surface area contributed by atoms with E-state index in [4.69, 9.17) is 9.47 Å². The van der Waals surface area contributed by atoms with Gasteiger partial charge in [0.25, 0.3) is 11.8 Å². The number of anilines is 1. The van der Waals surface area contributed by atoms with Crippen molar-refractivity contribution in [3.8, 4) is 17.2 Å². The molecule has 1 aliphatic heterocycles. The molecule has 1 N–H and O–H groups in total. The zero-order chi connectivity index (χ0) is 22.0. The van der Waals surface area contributed by atoms with Crippen molar-refractivity contribution in [2.45, 2.75) is 26.5 Å². The molecule has 158 valence electrons. The lowest BCUT2D eigenvalue weighted by Gasteiger charge is -2.17. The van der Waals surface area contributed by atoms with Crippen molar-refractivity contribution in [3.05, 3.63) is 83.4 Å². The third-order valence-corrected chi connectivity index (χ3v) is 4.97. The molecule has 3 aromatic carbocycles. The van der Waals surface area contributed by atoms with Gasteiger partial charge in [0.1, 0.15) is 11.5 Å². The van der Waals surface area contributed by atoms with Crippen LogP contribution in [0.4, 0.5) is 5.69 Å². The van der Waals surface area contributed by atoms with Gasteiger partial charge in [-0.2, -0.15) is 0 Å². The summed E-state index contributed by atoms with van der Waals surface area (Å²) in [6, 6.07) is 19.8. The number of ether oxygens (including phenoxy) is 2. The van der Waals surface area contributed by atoms with Gasteiger partial charge in [-0.3, -0.25) is 9.59 Å². The second kappa shape index (κ2) is 8.52. The number of benzene rings is 3. The lowest BCUT2D eigenvalue weighted by atomic mass is 10.1. The summed E-state index contributed by atoms with van der Waals surface area (Å²) in [5.41, 5.74) is 2.44. The molecule has 4 rings (SSSR count). The SMILES string of the molecule is CC(C)Oc1ccc(CNC(=O)c2ccc3c(c2)N(C)C(=O)c2ccccc2O3)cc1. The summed E-state index contributed by atoms with van der Waals surface area (Å²) in [6.07, 6.45) is 0.112. The molecule has 0 saturated carbocycles. The first-order valence-electron chi connectivity index (χ1n) is 10.1. The van der Waals surface area contributed by atoms with Crippen LogP contribution in [0.5, 0.6) is 17.2 Å². The second-order valence-electron chi connectivity index (χ2n) is 7.64. The first-order chi connectivity index (χ1) is 14.9. The van der Waals surface area contributed by atoms with Crippen LogP contribution in [0.25, 0.3) is 0 Å². The molecular weight excluding hydrogens is 392 g/mol. The minimum atomic E-state index is -0.229. The zero-order valence-electron chi connectivity index (χ0n) is 17.7. The van der Waals surface area contributed by atoms with E-state index in [2.05, 4.69) is 5.32 Å². The van der Waals surface area contributed by atoms with Crippen LogP contribution in [-0.2, 0) is 6.54 Å². The first-order valence-corrected chi connectivity index (χ1v) is 10.1. The third kappa shape index (κ3) is 4.38. The quantitative estimate of drug-likeness (QED) is 0.650. The Hall–Kier alpha value is -3.80. The summed E-state index contributed by atoms with van der Waals surface area (Å²) in [5, 5.41) is 2.92. The number of rotatable bonds is 5. The first kappa shape index (κ1) is 20.5. The maximum Gasteiger partial charge on any atom is 0.261 e. The third-order valence-electron chi connectivity index (χ3n) is 4.97. The molecule has 0 unspecified atom stereocenters. The molecule has 0 aliphatic carbocycles. The van der Waals surface area contributed by atoms with Crippen LogP contribution >= 0.6 is 0 Å². The molecule has 0 atom stereocenters. The summed E-state index contributed by atoms with van der Waals surface area (Å²) in [5.74, 6) is 1.41. The summed E-state index contributed by atoms with van der Waals surface area (Å²) >= 11 is 0. The lowest BCUT2D eigenvalue weighted by molar-refractivity contribution is 0.0948. The second-order valence-corrected chi connectivity index (χ2v) is 7.64. The Morgan fingerprint density at radius 1 is 1.03 bits per heavy atom. The molecule has 0 aromatic heterocycles. The number of fused-ring (bicyclic) bond motifs is 2. The van der Waals surface area contributed by atoms with Crippen molar-refractivity contribution in [1.82, 2.24) is 5.32 Å². The molecule has 0 spiro atoms. The van der Waals surface area contributed by atoms with E-state index in [0.29, 0.717) is 34.9 Å². The van der Waals surface area contributed by atoms with E-state index >= 15 is 0 Å². The van der Waals surface area contributed by atoms with Gasteiger partial charge in [-0.15, -0.1) is 0 Å². The Morgan fingerprint density at radius 3 is 2.52 bits per heavy atom. The number of carbonyl (C=O) groups excluding carboxylic acids is 2. The van der Waals surface area contributed by atoms with Gasteiger partial charge in [0.15, 0.2) is 5.75 Å². The summed E-state index contributed by atoms with van der Waals surface area (Å²) < 4.78 is 11.6. The largest absolute Gasteiger partial charge is 0.491 e. The maximum atomic E-state index is 12.8. The van der Waals surface area contributed by atoms with E-state index < -0.39 is 0 Å². The van der Waals surface area contributed by atoms with Crippen LogP contribution in [0.3, 0.4) is 0 Å². The van der Waals surface area contributed by atoms with Crippen molar-refractivity contribution in [3.63, 3.8) is 0 Å². The van der Waals surface area contributed by atoms with Gasteiger partial charge in [0.05, 0.1) is 17.4 Å². The molecule has 31 heavy (non-hydrogen) atoms. The standard InChI is InChI=1S/C25H24N2O4/c1-16(2)30-19-11-8-17(9-12-19)15-26-24(28)18-10-13-23-21(14-18)27(3)25(29)20-6-4-5-7-22(20)31-23/h4-14,16H,15H2,1-3H3,(H,26,28). The number of hydrogen-bond donors (Lipinski definition) is 1. The lowest BCUT2D eigenvalue weighted by Crippen LogP contribution is -2.26. The van der Waals surface area contributed by atoms with Crippen LogP contribution in [0.2, 0.25) is 0 Å². The number of amides is 2. The predicted octanol–water partition coefficient (Wildman–Crippen LogP) is 4.79. The average Bonchev–Trinajstić information content (AvgIpc) is 2.87. The smallest absolute Gasteiger partial charge is 0.261 e. The highest BCUT2D eigenvalue weighted by atomic mass is 16.5. The average molecular weight is 416 g/mol. The van der Waals surface area contributed by atoms with Crippen molar-refractivity contribution >= 4 is 17.5 Å². The number of para-hydroxylation sites is 1. The number of hydrogen-bond acceptors (Lipinski definition) is 4. The summed E-state index contributed by atoms with van der Waals surface area (Å²) in [6.45, 7) is 4.33. The fourth-order valence-electron chi connectivity index (χ4n) is 3.39. The van der Waals surface area contributed by atoms with Gasteiger partial charge in [-0.05, 0) is 61.9 Å². The van der Waals surface area contributed by atoms with E-state index in [0.717, 1.165) is 11.3 Å². The zero-order valence-corrected chi connectivity index (χ0v) is 17.7. The van der Waals surface area contributed by atoms with Gasteiger partial charge < -0.3 is 19.7 Å². The van der Waals surface area contributed by atoms with Gasteiger partial charge in [0.2, 0.25) is 0 Å². The number of nitrogens with zero attached hydrogens (tertiary/aromatic N) is 1. The minimum absolute atomic E-state index is 0.112. The van der Waals surface area contributed by atoms with E-state index in [9.17, 15) is 9.59 Å². The monoisotopic (exact) mass is 416 g/mol. The molecule has 3 aromatic rings. The molecule has 0 saturated heterocycles. The maximum absolute atomic E-state index is 12.8. The van der Waals surface area contributed by atoms with Crippen molar-refractivity contribution < 1.29 is 19.1 Å². The van der Waals surface area contributed by atoms with E-state index in [-0.39, 0.29) is 17.9 Å². The molecule has 6 nitrogen and oxygen atoms in total. The molecule has 0 radical (unpaired) electrons. The summed E-state index contributed by atoms with van der Waals surface area (Å²) in [4.78, 5) is 27.1. The van der Waals surface area contributed by atoms with Crippen LogP contribution < -0.4 is 19.7 Å². The Labute approximate surface area is 181 Å². The van der Waals surface area contributed by atoms with E-state index in [1.54, 1.807) is 43.4 Å². The topological polar surface area (TPSA) is 67.9 Å². The van der Waals surface area contributed by atoms with Crippen LogP contribution in [0, 0.1) is 0 Å². The van der Waals surface area contributed by atoms with Gasteiger partial charge in [-0.25, -0.2) is 0 Å². The Bertz CT molecular complexity index is 1120. The highest BCUT2D eigenvalue weighted by Gasteiger charge is 2.26. The number of nitrogens with one attached hydrogen (secondary N) is 1. The molecular formula is C25H24N2O4. The minimum Gasteiger partial charge on any atom is -0.491 e. The Kier molecular flexibility index (Phi) is 5.62. The van der Waals surface area contributed by atoms with Crippen LogP contribution in [0.15, 0.2) is 66.7 Å². The Balaban J connectivity index is 1.49. The normalized spacial score (nSPS) is 12.5. The molecule has 0 bridgehead atoms. The van der Waals surface area contributed by atoms with Crippen molar-refractivity contribution in [2.24, 2.45) is 0 Å². The van der Waals surface area contributed by atoms with Crippen LogP contribution in [0.1, 0.15) is 40.1 Å². The van der Waals surface area contributed by atoms with Gasteiger partial charge in [0, 0.05) is 19.2 Å². The highest BCUT2D eigenvalue weighted by molar-refractivity contribution is 6.10. The highest BCUT2D eigenvalue weighted by Crippen LogP contribution is 2.38. The van der Waals surface area contributed by atoms with Gasteiger partial charge in [-0.1, -0.05) is 24.3 Å². The van der Waals surface area contributed by atoms with Crippen molar-refractivity contribution in [1.29, 1.82) is 0 Å². The van der Waals surface area contributed by atoms with E-state index in [1.807, 2.05) is 44.2 Å². The van der Waals surface area contributed by atoms with Gasteiger partial charge >= 0.3 is 0 Å². The summed E-state index contributed by atoms with van der Waals surface area (Å²) in [7, 11) is 1.68. The van der Waals surface area contributed by atoms with Crippen LogP contribution in [-0.4, -0.2) is 25.0 Å². The molecule has 2 amide bonds. The Morgan fingerprint density at radius 2 is 1.77 bits per heavy atom.